The fourth-order valence-corrected chi connectivity index (χ4v) is 1.80. The molecule has 0 saturated heterocycles. The van der Waals surface area contributed by atoms with Gasteiger partial charge in [-0.3, -0.25) is 4.98 Å². The van der Waals surface area contributed by atoms with E-state index in [0.29, 0.717) is 13.2 Å². The number of methoxy groups -OCH3 is 1. The summed E-state index contributed by atoms with van der Waals surface area (Å²) in [6, 6.07) is 1.91. The van der Waals surface area contributed by atoms with Crippen LogP contribution in [-0.4, -0.2) is 43.5 Å². The molecule has 15 heavy (non-hydrogen) atoms. The van der Waals surface area contributed by atoms with Gasteiger partial charge in [0.2, 0.25) is 0 Å². The zero-order valence-electron chi connectivity index (χ0n) is 8.69. The van der Waals surface area contributed by atoms with Gasteiger partial charge in [0.1, 0.15) is 0 Å². The molecule has 1 aromatic heterocycles. The van der Waals surface area contributed by atoms with Crippen LogP contribution in [0.25, 0.3) is 0 Å². The van der Waals surface area contributed by atoms with Gasteiger partial charge in [-0.25, -0.2) is 0 Å². The minimum atomic E-state index is 0.123. The lowest BCUT2D eigenvalue weighted by Crippen LogP contribution is -2.30. The minimum absolute atomic E-state index is 0.123. The third-order valence-electron chi connectivity index (χ3n) is 2.03. The van der Waals surface area contributed by atoms with Crippen LogP contribution in [0.2, 0.25) is 0 Å². The predicted octanol–water partition coefficient (Wildman–Crippen LogP) is 1.29. The molecule has 84 valence electrons. The van der Waals surface area contributed by atoms with Crippen molar-refractivity contribution >= 4 is 21.6 Å². The van der Waals surface area contributed by atoms with Gasteiger partial charge in [-0.15, -0.1) is 0 Å². The van der Waals surface area contributed by atoms with Crippen LogP contribution in [0.15, 0.2) is 22.9 Å². The Kier molecular flexibility index (Phi) is 5.60. The lowest BCUT2D eigenvalue weighted by molar-refractivity contribution is 0.203. The van der Waals surface area contributed by atoms with Gasteiger partial charge < -0.3 is 14.7 Å². The molecule has 0 aliphatic rings. The summed E-state index contributed by atoms with van der Waals surface area (Å²) in [5.74, 6) is 0. The molecule has 5 heteroatoms. The standard InChI is InChI=1S/C10H15BrN2O2/c1-15-7-5-13(4-6-14)10-2-3-12-8-9(10)11/h2-3,8,14H,4-7H2,1H3. The van der Waals surface area contributed by atoms with Crippen LogP contribution in [-0.2, 0) is 4.74 Å². The van der Waals surface area contributed by atoms with Crippen molar-refractivity contribution in [3.63, 3.8) is 0 Å². The maximum atomic E-state index is 8.97. The normalized spacial score (nSPS) is 10.3. The predicted molar refractivity (Wildman–Crippen MR) is 63.1 cm³/mol. The summed E-state index contributed by atoms with van der Waals surface area (Å²) in [7, 11) is 1.67. The number of hydrogen-bond acceptors (Lipinski definition) is 4. The van der Waals surface area contributed by atoms with Gasteiger partial charge in [-0.1, -0.05) is 0 Å². The van der Waals surface area contributed by atoms with E-state index >= 15 is 0 Å². The maximum Gasteiger partial charge on any atom is 0.0637 e. The van der Waals surface area contributed by atoms with Crippen LogP contribution in [0.5, 0.6) is 0 Å². The smallest absolute Gasteiger partial charge is 0.0637 e. The lowest BCUT2D eigenvalue weighted by Gasteiger charge is -2.24. The van der Waals surface area contributed by atoms with Gasteiger partial charge in [-0.05, 0) is 22.0 Å². The zero-order valence-corrected chi connectivity index (χ0v) is 10.3. The number of ether oxygens (including phenoxy) is 1. The van der Waals surface area contributed by atoms with Crippen molar-refractivity contribution in [2.75, 3.05) is 38.3 Å². The van der Waals surface area contributed by atoms with Gasteiger partial charge in [0, 0.05) is 32.6 Å². The summed E-state index contributed by atoms with van der Waals surface area (Å²) in [6.45, 7) is 2.10. The number of hydrogen-bond donors (Lipinski definition) is 1. The number of aliphatic hydroxyl groups excluding tert-OH is 1. The van der Waals surface area contributed by atoms with Crippen molar-refractivity contribution < 1.29 is 9.84 Å². The molecule has 0 atom stereocenters. The average Bonchev–Trinajstić information content (AvgIpc) is 2.25. The summed E-state index contributed by atoms with van der Waals surface area (Å²) in [5, 5.41) is 8.97. The molecule has 0 fully saturated rings. The highest BCUT2D eigenvalue weighted by molar-refractivity contribution is 9.10. The van der Waals surface area contributed by atoms with Gasteiger partial charge >= 0.3 is 0 Å². The SMILES string of the molecule is COCCN(CCO)c1ccncc1Br. The molecular formula is C10H15BrN2O2. The second kappa shape index (κ2) is 6.76. The number of anilines is 1. The summed E-state index contributed by atoms with van der Waals surface area (Å²) in [6.07, 6.45) is 3.48. The largest absolute Gasteiger partial charge is 0.395 e. The van der Waals surface area contributed by atoms with E-state index in [4.69, 9.17) is 9.84 Å². The van der Waals surface area contributed by atoms with Crippen LogP contribution >= 0.6 is 15.9 Å². The molecule has 0 saturated carbocycles. The molecule has 0 amide bonds. The molecule has 0 aliphatic carbocycles. The number of aromatic nitrogens is 1. The van der Waals surface area contributed by atoms with Crippen LogP contribution in [0.1, 0.15) is 0 Å². The van der Waals surface area contributed by atoms with E-state index in [-0.39, 0.29) is 6.61 Å². The third kappa shape index (κ3) is 3.77. The zero-order chi connectivity index (χ0) is 11.1. The van der Waals surface area contributed by atoms with Crippen molar-refractivity contribution in [3.8, 4) is 0 Å². The van der Waals surface area contributed by atoms with Gasteiger partial charge in [0.05, 0.1) is 23.4 Å². The quantitative estimate of drug-likeness (QED) is 0.849. The van der Waals surface area contributed by atoms with E-state index in [1.54, 1.807) is 19.5 Å². The summed E-state index contributed by atoms with van der Waals surface area (Å²) >= 11 is 3.43. The molecule has 1 heterocycles. The molecule has 0 radical (unpaired) electrons. The van der Waals surface area contributed by atoms with Gasteiger partial charge in [-0.2, -0.15) is 0 Å². The van der Waals surface area contributed by atoms with Crippen LogP contribution < -0.4 is 4.90 Å². The van der Waals surface area contributed by atoms with Crippen LogP contribution in [0.4, 0.5) is 5.69 Å². The van der Waals surface area contributed by atoms with Crippen molar-refractivity contribution in [1.82, 2.24) is 4.98 Å². The van der Waals surface area contributed by atoms with E-state index in [9.17, 15) is 0 Å². The van der Waals surface area contributed by atoms with E-state index in [1.165, 1.54) is 0 Å². The fourth-order valence-electron chi connectivity index (χ4n) is 1.30. The maximum absolute atomic E-state index is 8.97. The first-order chi connectivity index (χ1) is 7.29. The summed E-state index contributed by atoms with van der Waals surface area (Å²) < 4.78 is 5.95. The first-order valence-electron chi connectivity index (χ1n) is 4.74. The van der Waals surface area contributed by atoms with Crippen molar-refractivity contribution in [2.24, 2.45) is 0 Å². The molecule has 0 spiro atoms. The third-order valence-corrected chi connectivity index (χ3v) is 2.64. The number of aliphatic hydroxyl groups is 1. The molecule has 0 aromatic carbocycles. The second-order valence-corrected chi connectivity index (χ2v) is 3.88. The fraction of sp³-hybridized carbons (Fsp3) is 0.500. The molecule has 0 unspecified atom stereocenters. The first kappa shape index (κ1) is 12.4. The van der Waals surface area contributed by atoms with Crippen LogP contribution in [0, 0.1) is 0 Å². The Bertz CT molecular complexity index is 297. The number of halogens is 1. The van der Waals surface area contributed by atoms with Crippen molar-refractivity contribution in [2.45, 2.75) is 0 Å². The molecule has 0 aliphatic heterocycles. The Hall–Kier alpha value is -0.650. The Morgan fingerprint density at radius 1 is 1.53 bits per heavy atom. The summed E-state index contributed by atoms with van der Waals surface area (Å²) in [4.78, 5) is 6.05. The molecule has 1 rings (SSSR count). The number of pyridine rings is 1. The topological polar surface area (TPSA) is 45.6 Å². The Balaban J connectivity index is 2.74. The second-order valence-electron chi connectivity index (χ2n) is 3.03. The van der Waals surface area contributed by atoms with E-state index < -0.39 is 0 Å². The molecule has 1 aromatic rings. The van der Waals surface area contributed by atoms with Crippen molar-refractivity contribution in [3.05, 3.63) is 22.9 Å². The van der Waals surface area contributed by atoms with Gasteiger partial charge in [0.15, 0.2) is 0 Å². The van der Waals surface area contributed by atoms with Crippen molar-refractivity contribution in [1.29, 1.82) is 0 Å². The Morgan fingerprint density at radius 3 is 2.93 bits per heavy atom. The molecule has 4 nitrogen and oxygen atoms in total. The monoisotopic (exact) mass is 274 g/mol. The average molecular weight is 275 g/mol. The van der Waals surface area contributed by atoms with E-state index in [2.05, 4.69) is 25.8 Å². The molecule has 0 bridgehead atoms. The minimum Gasteiger partial charge on any atom is -0.395 e. The van der Waals surface area contributed by atoms with E-state index in [0.717, 1.165) is 16.7 Å². The number of rotatable bonds is 6. The highest BCUT2D eigenvalue weighted by Gasteiger charge is 2.08. The molecule has 1 N–H and O–H groups in total. The Morgan fingerprint density at radius 2 is 2.33 bits per heavy atom. The Labute approximate surface area is 98.0 Å². The first-order valence-corrected chi connectivity index (χ1v) is 5.53. The molecular weight excluding hydrogens is 260 g/mol. The van der Waals surface area contributed by atoms with Gasteiger partial charge in [0.25, 0.3) is 0 Å². The van der Waals surface area contributed by atoms with Crippen LogP contribution in [0.3, 0.4) is 0 Å². The highest BCUT2D eigenvalue weighted by atomic mass is 79.9. The van der Waals surface area contributed by atoms with E-state index in [1.807, 2.05) is 6.07 Å². The summed E-state index contributed by atoms with van der Waals surface area (Å²) in [5.41, 5.74) is 1.02. The number of nitrogens with zero attached hydrogens (tertiary/aromatic N) is 2. The lowest BCUT2D eigenvalue weighted by atomic mass is 10.3. The highest BCUT2D eigenvalue weighted by Crippen LogP contribution is 2.24.